The van der Waals surface area contributed by atoms with Crippen LogP contribution >= 0.6 is 0 Å². The molecule has 0 radical (unpaired) electrons. The number of allylic oxidation sites excluding steroid dienone is 1. The largest absolute Gasteiger partial charge is 0.265 e. The third-order valence-corrected chi connectivity index (χ3v) is 5.53. The van der Waals surface area contributed by atoms with Crippen molar-refractivity contribution in [3.63, 3.8) is 0 Å². The average molecular weight is 330 g/mol. The minimum absolute atomic E-state index is 0.231. The third kappa shape index (κ3) is 3.48. The zero-order valence-corrected chi connectivity index (χ0v) is 15.5. The minimum Gasteiger partial charge on any atom is -0.265 e. The Hall–Kier alpha value is -2.48. The normalized spacial score (nSPS) is 20.2. The Kier molecular flexibility index (Phi) is 4.98. The minimum atomic E-state index is 0.231. The van der Waals surface area contributed by atoms with E-state index in [2.05, 4.69) is 61.9 Å². The smallest absolute Gasteiger partial charge is 0.0709 e. The van der Waals surface area contributed by atoms with Gasteiger partial charge in [-0.3, -0.25) is 4.99 Å². The Morgan fingerprint density at radius 1 is 0.960 bits per heavy atom. The van der Waals surface area contributed by atoms with E-state index in [1.807, 2.05) is 42.6 Å². The highest BCUT2D eigenvalue weighted by Crippen LogP contribution is 2.35. The molecule has 2 aromatic carbocycles. The zero-order valence-electron chi connectivity index (χ0n) is 15.5. The second-order valence-electron chi connectivity index (χ2n) is 7.00. The molecule has 2 atom stereocenters. The summed E-state index contributed by atoms with van der Waals surface area (Å²) in [6, 6.07) is 18.6. The SMILES string of the molecule is CCC(C)C1(C)C=CN=C1C.c1ccc2nc3ccccc3cc2c1. The van der Waals surface area contributed by atoms with E-state index in [4.69, 9.17) is 0 Å². The van der Waals surface area contributed by atoms with Gasteiger partial charge < -0.3 is 0 Å². The van der Waals surface area contributed by atoms with Gasteiger partial charge in [0.05, 0.1) is 11.0 Å². The van der Waals surface area contributed by atoms with E-state index in [1.165, 1.54) is 22.9 Å². The number of nitrogens with zero attached hydrogens (tertiary/aromatic N) is 2. The number of hydrogen-bond acceptors (Lipinski definition) is 2. The summed E-state index contributed by atoms with van der Waals surface area (Å²) in [5.41, 5.74) is 3.61. The quantitative estimate of drug-likeness (QED) is 0.498. The van der Waals surface area contributed by atoms with Gasteiger partial charge in [0.1, 0.15) is 0 Å². The van der Waals surface area contributed by atoms with Crippen LogP contribution in [0.2, 0.25) is 0 Å². The van der Waals surface area contributed by atoms with E-state index in [0.29, 0.717) is 5.92 Å². The molecule has 1 aliphatic heterocycles. The van der Waals surface area contributed by atoms with Gasteiger partial charge in [-0.25, -0.2) is 4.98 Å². The standard InChI is InChI=1S/C13H9N.C10H17N/c1-3-7-12-10(5-1)9-11-6-2-4-8-13(11)14-12;1-5-8(2)10(4)6-7-11-9(10)3/h1-9H;6-8H,5H2,1-4H3. The van der Waals surface area contributed by atoms with E-state index < -0.39 is 0 Å². The highest BCUT2D eigenvalue weighted by molar-refractivity contribution is 5.92. The van der Waals surface area contributed by atoms with Crippen LogP contribution in [0.3, 0.4) is 0 Å². The summed E-state index contributed by atoms with van der Waals surface area (Å²) < 4.78 is 0. The topological polar surface area (TPSA) is 25.2 Å². The molecule has 4 rings (SSSR count). The van der Waals surface area contributed by atoms with E-state index in [-0.39, 0.29) is 5.41 Å². The van der Waals surface area contributed by atoms with Crippen molar-refractivity contribution >= 4 is 27.5 Å². The van der Waals surface area contributed by atoms with Crippen molar-refractivity contribution in [2.45, 2.75) is 34.1 Å². The lowest BCUT2D eigenvalue weighted by atomic mass is 9.74. The molecule has 0 saturated carbocycles. The first-order chi connectivity index (χ1) is 12.0. The van der Waals surface area contributed by atoms with Crippen LogP contribution in [-0.4, -0.2) is 10.7 Å². The van der Waals surface area contributed by atoms with Gasteiger partial charge in [0.2, 0.25) is 0 Å². The Morgan fingerprint density at radius 2 is 1.52 bits per heavy atom. The lowest BCUT2D eigenvalue weighted by molar-refractivity contribution is 0.373. The molecule has 0 bridgehead atoms. The molecular formula is C23H26N2. The van der Waals surface area contributed by atoms with Gasteiger partial charge in [0.15, 0.2) is 0 Å². The number of fused-ring (bicyclic) bond motifs is 2. The van der Waals surface area contributed by atoms with Crippen LogP contribution in [-0.2, 0) is 0 Å². The van der Waals surface area contributed by atoms with Crippen molar-refractivity contribution in [1.82, 2.24) is 4.98 Å². The molecule has 0 N–H and O–H groups in total. The van der Waals surface area contributed by atoms with Gasteiger partial charge in [0.25, 0.3) is 0 Å². The van der Waals surface area contributed by atoms with E-state index in [0.717, 1.165) is 11.0 Å². The molecule has 3 aromatic rings. The van der Waals surface area contributed by atoms with Crippen molar-refractivity contribution in [2.24, 2.45) is 16.3 Å². The molecule has 25 heavy (non-hydrogen) atoms. The highest BCUT2D eigenvalue weighted by atomic mass is 14.8. The Balaban J connectivity index is 0.000000151. The summed E-state index contributed by atoms with van der Waals surface area (Å²) in [6.07, 6.45) is 5.37. The summed E-state index contributed by atoms with van der Waals surface area (Å²) in [4.78, 5) is 8.87. The van der Waals surface area contributed by atoms with E-state index in [9.17, 15) is 0 Å². The second kappa shape index (κ2) is 7.18. The zero-order chi connectivity index (χ0) is 17.9. The maximum Gasteiger partial charge on any atom is 0.0709 e. The first-order valence-electron chi connectivity index (χ1n) is 9.01. The number of hydrogen-bond donors (Lipinski definition) is 0. The molecule has 2 heteroatoms. The first-order valence-corrected chi connectivity index (χ1v) is 9.01. The average Bonchev–Trinajstić information content (AvgIpc) is 2.99. The summed E-state index contributed by atoms with van der Waals surface area (Å²) in [7, 11) is 0. The van der Waals surface area contributed by atoms with Gasteiger partial charge in [0, 0.05) is 28.1 Å². The number of para-hydroxylation sites is 2. The van der Waals surface area contributed by atoms with Crippen LogP contribution in [0.4, 0.5) is 0 Å². The fourth-order valence-corrected chi connectivity index (χ4v) is 3.23. The van der Waals surface area contributed by atoms with Gasteiger partial charge in [-0.15, -0.1) is 0 Å². The van der Waals surface area contributed by atoms with Crippen molar-refractivity contribution in [1.29, 1.82) is 0 Å². The van der Waals surface area contributed by atoms with Crippen molar-refractivity contribution in [3.8, 4) is 0 Å². The van der Waals surface area contributed by atoms with Crippen molar-refractivity contribution in [2.75, 3.05) is 0 Å². The molecule has 2 nitrogen and oxygen atoms in total. The highest BCUT2D eigenvalue weighted by Gasteiger charge is 2.32. The van der Waals surface area contributed by atoms with Gasteiger partial charge in [-0.05, 0) is 31.0 Å². The number of benzene rings is 2. The van der Waals surface area contributed by atoms with Crippen molar-refractivity contribution in [3.05, 3.63) is 66.9 Å². The molecule has 0 saturated heterocycles. The lowest BCUT2D eigenvalue weighted by Crippen LogP contribution is -2.28. The molecule has 1 aliphatic rings. The fourth-order valence-electron chi connectivity index (χ4n) is 3.23. The molecule has 2 heterocycles. The van der Waals surface area contributed by atoms with Gasteiger partial charge in [-0.1, -0.05) is 69.7 Å². The predicted octanol–water partition coefficient (Wildman–Crippen LogP) is 6.42. The van der Waals surface area contributed by atoms with Gasteiger partial charge in [-0.2, -0.15) is 0 Å². The van der Waals surface area contributed by atoms with Crippen LogP contribution < -0.4 is 0 Å². The molecule has 0 fully saturated rings. The number of pyridine rings is 1. The number of aliphatic imine (C=N–C) groups is 1. The van der Waals surface area contributed by atoms with Crippen LogP contribution in [0.5, 0.6) is 0 Å². The Bertz CT molecular complexity index is 834. The fraction of sp³-hybridized carbons (Fsp3) is 0.304. The molecular weight excluding hydrogens is 304 g/mol. The monoisotopic (exact) mass is 330 g/mol. The molecule has 2 unspecified atom stereocenters. The number of aromatic nitrogens is 1. The maximum absolute atomic E-state index is 4.58. The molecule has 1 aromatic heterocycles. The second-order valence-corrected chi connectivity index (χ2v) is 7.00. The van der Waals surface area contributed by atoms with Crippen LogP contribution in [0.1, 0.15) is 34.1 Å². The first kappa shape index (κ1) is 17.3. The van der Waals surface area contributed by atoms with E-state index in [1.54, 1.807) is 0 Å². The molecule has 128 valence electrons. The van der Waals surface area contributed by atoms with Crippen LogP contribution in [0.15, 0.2) is 71.9 Å². The molecule has 0 aliphatic carbocycles. The third-order valence-electron chi connectivity index (χ3n) is 5.53. The Morgan fingerprint density at radius 3 is 2.00 bits per heavy atom. The summed E-state index contributed by atoms with van der Waals surface area (Å²) in [5.74, 6) is 0.699. The molecule has 0 spiro atoms. The maximum atomic E-state index is 4.58. The lowest BCUT2D eigenvalue weighted by Gasteiger charge is -2.29. The van der Waals surface area contributed by atoms with Crippen molar-refractivity contribution < 1.29 is 0 Å². The van der Waals surface area contributed by atoms with E-state index >= 15 is 0 Å². The summed E-state index contributed by atoms with van der Waals surface area (Å²) in [5, 5.41) is 2.40. The number of rotatable bonds is 2. The van der Waals surface area contributed by atoms with Crippen LogP contribution in [0, 0.1) is 11.3 Å². The molecule has 0 amide bonds. The predicted molar refractivity (Wildman–Crippen MR) is 109 cm³/mol. The summed E-state index contributed by atoms with van der Waals surface area (Å²) >= 11 is 0. The Labute approximate surface area is 150 Å². The van der Waals surface area contributed by atoms with Crippen LogP contribution in [0.25, 0.3) is 21.8 Å². The summed E-state index contributed by atoms with van der Waals surface area (Å²) in [6.45, 7) is 8.90. The van der Waals surface area contributed by atoms with Gasteiger partial charge >= 0.3 is 0 Å².